The maximum absolute atomic E-state index is 9.17. The number of nitrogens with one attached hydrogen (secondary N) is 1. The van der Waals surface area contributed by atoms with E-state index in [1.54, 1.807) is 6.07 Å². The molecule has 1 aromatic carbocycles. The summed E-state index contributed by atoms with van der Waals surface area (Å²) in [4.78, 5) is 2.60. The molecule has 2 saturated heterocycles. The van der Waals surface area contributed by atoms with Crippen LogP contribution in [0.2, 0.25) is 5.02 Å². The quantitative estimate of drug-likeness (QED) is 0.900. The summed E-state index contributed by atoms with van der Waals surface area (Å²) in [6.45, 7) is 2.44. The molecule has 2 atom stereocenters. The van der Waals surface area contributed by atoms with Gasteiger partial charge in [-0.1, -0.05) is 11.6 Å². The fraction of sp³-hybridized carbons (Fsp3) is 0.533. The smallest absolute Gasteiger partial charge is 0.101 e. The van der Waals surface area contributed by atoms with E-state index in [1.165, 1.54) is 32.4 Å². The molecule has 2 unspecified atom stereocenters. The van der Waals surface area contributed by atoms with Crippen LogP contribution in [0.3, 0.4) is 0 Å². The van der Waals surface area contributed by atoms with Crippen LogP contribution < -0.4 is 5.32 Å². The highest BCUT2D eigenvalue weighted by Crippen LogP contribution is 2.29. The zero-order valence-electron chi connectivity index (χ0n) is 10.9. The standard InChI is InChI=1S/C15H18ClN3/c16-12-3-4-15(11(8-12)10-17)18-13-5-7-19-6-1-2-14(19)9-13/h3-4,8,13-14,18H,1-2,5-7,9H2. The van der Waals surface area contributed by atoms with Crippen LogP contribution in [-0.2, 0) is 0 Å². The van der Waals surface area contributed by atoms with Crippen molar-refractivity contribution in [1.29, 1.82) is 5.26 Å². The first kappa shape index (κ1) is 12.8. The van der Waals surface area contributed by atoms with Crippen molar-refractivity contribution in [3.63, 3.8) is 0 Å². The summed E-state index contributed by atoms with van der Waals surface area (Å²) in [6.07, 6.45) is 5.00. The normalized spacial score (nSPS) is 26.7. The monoisotopic (exact) mass is 275 g/mol. The predicted octanol–water partition coefficient (Wildman–Crippen LogP) is 3.25. The highest BCUT2D eigenvalue weighted by Gasteiger charge is 2.31. The molecule has 4 heteroatoms. The van der Waals surface area contributed by atoms with Crippen LogP contribution in [0.15, 0.2) is 18.2 Å². The largest absolute Gasteiger partial charge is 0.381 e. The van der Waals surface area contributed by atoms with Crippen molar-refractivity contribution in [3.8, 4) is 6.07 Å². The van der Waals surface area contributed by atoms with E-state index in [1.807, 2.05) is 12.1 Å². The van der Waals surface area contributed by atoms with E-state index in [0.29, 0.717) is 16.6 Å². The number of fused-ring (bicyclic) bond motifs is 1. The zero-order chi connectivity index (χ0) is 13.2. The summed E-state index contributed by atoms with van der Waals surface area (Å²) < 4.78 is 0. The van der Waals surface area contributed by atoms with Gasteiger partial charge in [-0.3, -0.25) is 0 Å². The van der Waals surface area contributed by atoms with E-state index in [4.69, 9.17) is 16.9 Å². The Labute approximate surface area is 119 Å². The minimum Gasteiger partial charge on any atom is -0.381 e. The van der Waals surface area contributed by atoms with Crippen molar-refractivity contribution in [1.82, 2.24) is 4.90 Å². The van der Waals surface area contributed by atoms with E-state index < -0.39 is 0 Å². The van der Waals surface area contributed by atoms with E-state index in [0.717, 1.165) is 18.2 Å². The van der Waals surface area contributed by atoms with Gasteiger partial charge in [0.25, 0.3) is 0 Å². The minimum absolute atomic E-state index is 0.479. The molecule has 0 spiro atoms. The molecule has 2 aliphatic heterocycles. The van der Waals surface area contributed by atoms with Gasteiger partial charge in [-0.25, -0.2) is 0 Å². The zero-order valence-corrected chi connectivity index (χ0v) is 11.7. The van der Waals surface area contributed by atoms with E-state index in [2.05, 4.69) is 16.3 Å². The maximum Gasteiger partial charge on any atom is 0.101 e. The second-order valence-electron chi connectivity index (χ2n) is 5.50. The fourth-order valence-electron chi connectivity index (χ4n) is 3.31. The number of rotatable bonds is 2. The molecule has 0 saturated carbocycles. The average Bonchev–Trinajstić information content (AvgIpc) is 2.88. The summed E-state index contributed by atoms with van der Waals surface area (Å²) in [5.41, 5.74) is 1.56. The van der Waals surface area contributed by atoms with Crippen LogP contribution in [0.4, 0.5) is 5.69 Å². The van der Waals surface area contributed by atoms with Crippen LogP contribution in [0, 0.1) is 11.3 Å². The third kappa shape index (κ3) is 2.70. The maximum atomic E-state index is 9.17. The van der Waals surface area contributed by atoms with Gasteiger partial charge in [0.2, 0.25) is 0 Å². The molecule has 0 bridgehead atoms. The van der Waals surface area contributed by atoms with E-state index in [9.17, 15) is 0 Å². The Hall–Kier alpha value is -1.24. The van der Waals surface area contributed by atoms with E-state index >= 15 is 0 Å². The molecule has 19 heavy (non-hydrogen) atoms. The van der Waals surface area contributed by atoms with Gasteiger partial charge in [-0.2, -0.15) is 5.26 Å². The topological polar surface area (TPSA) is 39.1 Å². The van der Waals surface area contributed by atoms with Crippen molar-refractivity contribution in [2.75, 3.05) is 18.4 Å². The van der Waals surface area contributed by atoms with Crippen LogP contribution in [0.5, 0.6) is 0 Å². The molecule has 100 valence electrons. The Morgan fingerprint density at radius 1 is 1.32 bits per heavy atom. The lowest BCUT2D eigenvalue weighted by Crippen LogP contribution is -2.42. The second kappa shape index (κ2) is 5.40. The Bertz CT molecular complexity index is 509. The van der Waals surface area contributed by atoms with Crippen LogP contribution in [-0.4, -0.2) is 30.1 Å². The summed E-state index contributed by atoms with van der Waals surface area (Å²) in [6, 6.07) is 8.93. The molecule has 2 heterocycles. The van der Waals surface area contributed by atoms with Gasteiger partial charge in [-0.15, -0.1) is 0 Å². The Morgan fingerprint density at radius 2 is 2.21 bits per heavy atom. The summed E-state index contributed by atoms with van der Waals surface area (Å²) in [7, 11) is 0. The number of anilines is 1. The minimum atomic E-state index is 0.479. The van der Waals surface area contributed by atoms with Crippen molar-refractivity contribution in [2.24, 2.45) is 0 Å². The fourth-order valence-corrected chi connectivity index (χ4v) is 3.48. The van der Waals surface area contributed by atoms with Gasteiger partial charge in [0.05, 0.1) is 11.3 Å². The molecule has 0 aliphatic carbocycles. The van der Waals surface area contributed by atoms with Crippen molar-refractivity contribution in [2.45, 2.75) is 37.8 Å². The van der Waals surface area contributed by atoms with Gasteiger partial charge in [-0.05, 0) is 50.4 Å². The highest BCUT2D eigenvalue weighted by atomic mass is 35.5. The van der Waals surface area contributed by atoms with Gasteiger partial charge in [0.15, 0.2) is 0 Å². The Kier molecular flexibility index (Phi) is 3.63. The lowest BCUT2D eigenvalue weighted by molar-refractivity contribution is 0.188. The first-order valence-corrected chi connectivity index (χ1v) is 7.34. The molecule has 3 rings (SSSR count). The van der Waals surface area contributed by atoms with Crippen molar-refractivity contribution < 1.29 is 0 Å². The first-order valence-electron chi connectivity index (χ1n) is 6.96. The molecule has 2 aliphatic rings. The van der Waals surface area contributed by atoms with Crippen LogP contribution >= 0.6 is 11.6 Å². The van der Waals surface area contributed by atoms with Gasteiger partial charge < -0.3 is 10.2 Å². The first-order chi connectivity index (χ1) is 9.26. The predicted molar refractivity (Wildman–Crippen MR) is 77.4 cm³/mol. The molecule has 1 aromatic rings. The van der Waals surface area contributed by atoms with E-state index in [-0.39, 0.29) is 0 Å². The Balaban J connectivity index is 1.70. The average molecular weight is 276 g/mol. The second-order valence-corrected chi connectivity index (χ2v) is 5.94. The van der Waals surface area contributed by atoms with Gasteiger partial charge in [0, 0.05) is 23.7 Å². The van der Waals surface area contributed by atoms with Gasteiger partial charge in [0.1, 0.15) is 6.07 Å². The molecule has 1 N–H and O–H groups in total. The van der Waals surface area contributed by atoms with Crippen molar-refractivity contribution in [3.05, 3.63) is 28.8 Å². The number of halogens is 1. The lowest BCUT2D eigenvalue weighted by atomic mass is 9.97. The molecule has 0 amide bonds. The molecule has 3 nitrogen and oxygen atoms in total. The SMILES string of the molecule is N#Cc1cc(Cl)ccc1NC1CCN2CCCC2C1. The molecule has 0 aromatic heterocycles. The Morgan fingerprint density at radius 3 is 3.05 bits per heavy atom. The number of piperidine rings is 1. The molecular weight excluding hydrogens is 258 g/mol. The third-order valence-electron chi connectivity index (χ3n) is 4.28. The molecule has 2 fully saturated rings. The van der Waals surface area contributed by atoms with Gasteiger partial charge >= 0.3 is 0 Å². The third-order valence-corrected chi connectivity index (χ3v) is 4.52. The van der Waals surface area contributed by atoms with Crippen molar-refractivity contribution >= 4 is 17.3 Å². The van der Waals surface area contributed by atoms with Crippen LogP contribution in [0.1, 0.15) is 31.2 Å². The highest BCUT2D eigenvalue weighted by molar-refractivity contribution is 6.30. The lowest BCUT2D eigenvalue weighted by Gasteiger charge is -2.35. The summed E-state index contributed by atoms with van der Waals surface area (Å²) in [5.74, 6) is 0. The number of benzene rings is 1. The summed E-state index contributed by atoms with van der Waals surface area (Å²) >= 11 is 5.93. The number of nitriles is 1. The van der Waals surface area contributed by atoms with Crippen LogP contribution in [0.25, 0.3) is 0 Å². The number of hydrogen-bond acceptors (Lipinski definition) is 3. The molecular formula is C15H18ClN3. The number of nitrogens with zero attached hydrogens (tertiary/aromatic N) is 2. The summed E-state index contributed by atoms with van der Waals surface area (Å²) in [5, 5.41) is 13.3. The molecule has 0 radical (unpaired) electrons. The number of hydrogen-bond donors (Lipinski definition) is 1.